The molecule has 0 radical (unpaired) electrons. The highest BCUT2D eigenvalue weighted by Crippen LogP contribution is 2.46. The number of halogens is 3. The molecule has 0 saturated heterocycles. The molecule has 0 aliphatic carbocycles. The third-order valence-electron chi connectivity index (χ3n) is 5.03. The Morgan fingerprint density at radius 3 is 2.69 bits per heavy atom. The number of phenolic OH excluding ortho intramolecular Hbond substituents is 1. The summed E-state index contributed by atoms with van der Waals surface area (Å²) in [6.07, 6.45) is -5.52. The zero-order chi connectivity index (χ0) is 23.0. The Bertz CT molecular complexity index is 1160. The summed E-state index contributed by atoms with van der Waals surface area (Å²) in [6, 6.07) is 11.6. The Morgan fingerprint density at radius 2 is 1.97 bits per heavy atom. The number of hydrogen-bond donors (Lipinski definition) is 2. The van der Waals surface area contributed by atoms with Crippen LogP contribution in [0.25, 0.3) is 0 Å². The largest absolute Gasteiger partial charge is 0.508 e. The Labute approximate surface area is 185 Å². The average Bonchev–Trinajstić information content (AvgIpc) is 3.36. The Kier molecular flexibility index (Phi) is 5.64. The molecule has 1 aromatic heterocycles. The number of hydrogen-bond acceptors (Lipinski definition) is 7. The van der Waals surface area contributed by atoms with Crippen LogP contribution in [-0.4, -0.2) is 24.9 Å². The molecule has 3 aromatic rings. The molecule has 0 fully saturated rings. The molecule has 0 unspecified atom stereocenters. The fourth-order valence-corrected chi connectivity index (χ4v) is 4.54. The van der Waals surface area contributed by atoms with Crippen LogP contribution < -0.4 is 15.0 Å². The van der Waals surface area contributed by atoms with Crippen molar-refractivity contribution in [1.82, 2.24) is 0 Å². The highest BCUT2D eigenvalue weighted by Gasteiger charge is 2.35. The van der Waals surface area contributed by atoms with Crippen LogP contribution in [0.5, 0.6) is 11.5 Å². The predicted molar refractivity (Wildman–Crippen MR) is 115 cm³/mol. The fraction of sp³-hybridized carbons (Fsp3) is 0.227. The first-order chi connectivity index (χ1) is 15.2. The van der Waals surface area contributed by atoms with Gasteiger partial charge in [0.1, 0.15) is 22.6 Å². The lowest BCUT2D eigenvalue weighted by molar-refractivity contribution is -0.139. The van der Waals surface area contributed by atoms with E-state index in [2.05, 4.69) is 5.32 Å². The van der Waals surface area contributed by atoms with Crippen LogP contribution in [0, 0.1) is 0 Å². The maximum atomic E-state index is 13.4. The van der Waals surface area contributed by atoms with Crippen LogP contribution in [0.2, 0.25) is 0 Å². The van der Waals surface area contributed by atoms with E-state index in [4.69, 9.17) is 9.47 Å². The first-order valence-electron chi connectivity index (χ1n) is 9.58. The number of carbonyl (C=O) groups excluding carboxylic acids is 1. The van der Waals surface area contributed by atoms with E-state index in [1.165, 1.54) is 32.2 Å². The molecule has 1 aliphatic heterocycles. The van der Waals surface area contributed by atoms with Gasteiger partial charge in [-0.25, -0.2) is 4.79 Å². The van der Waals surface area contributed by atoms with Gasteiger partial charge in [0.25, 0.3) is 0 Å². The van der Waals surface area contributed by atoms with Gasteiger partial charge >= 0.3 is 12.1 Å². The summed E-state index contributed by atoms with van der Waals surface area (Å²) in [5, 5.41) is 13.6. The highest BCUT2D eigenvalue weighted by atomic mass is 32.1. The summed E-state index contributed by atoms with van der Waals surface area (Å²) in [4.78, 5) is 14.3. The minimum absolute atomic E-state index is 0.0401. The standard InChI is InChI=1S/C22H19F3N2O4S/c1-12(14-5-3-4-6-15(14)22(23,24)25)31-18-10-19(32-20(18)21(29)30-2)27-11-26-16-8-7-13(28)9-17(16)27/h3-10,12,26,28H,11H2,1-2H3/t12-/m1/s1. The summed E-state index contributed by atoms with van der Waals surface area (Å²) in [5.41, 5.74) is 0.660. The molecule has 0 spiro atoms. The van der Waals surface area contributed by atoms with Crippen molar-refractivity contribution >= 4 is 33.7 Å². The molecular weight excluding hydrogens is 445 g/mol. The van der Waals surface area contributed by atoms with E-state index in [9.17, 15) is 23.1 Å². The number of ether oxygens (including phenoxy) is 2. The first kappa shape index (κ1) is 21.8. The lowest BCUT2D eigenvalue weighted by atomic mass is 10.0. The number of alkyl halides is 3. The van der Waals surface area contributed by atoms with Crippen molar-refractivity contribution in [2.75, 3.05) is 24.0 Å². The number of methoxy groups -OCH3 is 1. The molecule has 0 saturated carbocycles. The van der Waals surface area contributed by atoms with Crippen molar-refractivity contribution in [3.8, 4) is 11.5 Å². The molecule has 1 atom stereocenters. The summed E-state index contributed by atoms with van der Waals surface area (Å²) >= 11 is 1.09. The number of thiophene rings is 1. The second-order valence-corrected chi connectivity index (χ2v) is 8.11. The van der Waals surface area contributed by atoms with Gasteiger partial charge in [0.05, 0.1) is 30.7 Å². The monoisotopic (exact) mass is 464 g/mol. The maximum Gasteiger partial charge on any atom is 0.416 e. The molecule has 10 heteroatoms. The molecule has 4 rings (SSSR count). The number of benzene rings is 2. The molecule has 0 amide bonds. The summed E-state index contributed by atoms with van der Waals surface area (Å²) < 4.78 is 51.0. The normalized spacial score (nSPS) is 14.0. The minimum Gasteiger partial charge on any atom is -0.508 e. The zero-order valence-electron chi connectivity index (χ0n) is 17.1. The topological polar surface area (TPSA) is 71.0 Å². The average molecular weight is 464 g/mol. The van der Waals surface area contributed by atoms with Crippen LogP contribution in [0.3, 0.4) is 0 Å². The van der Waals surface area contributed by atoms with Gasteiger partial charge in [-0.3, -0.25) is 0 Å². The second kappa shape index (κ2) is 8.27. The Hall–Kier alpha value is -3.40. The number of rotatable bonds is 5. The van der Waals surface area contributed by atoms with E-state index in [-0.39, 0.29) is 21.9 Å². The maximum absolute atomic E-state index is 13.4. The van der Waals surface area contributed by atoms with E-state index in [1.54, 1.807) is 24.3 Å². The second-order valence-electron chi connectivity index (χ2n) is 7.08. The van der Waals surface area contributed by atoms with Crippen LogP contribution in [-0.2, 0) is 10.9 Å². The van der Waals surface area contributed by atoms with E-state index in [0.717, 1.165) is 23.1 Å². The minimum atomic E-state index is -4.54. The van der Waals surface area contributed by atoms with Gasteiger partial charge in [0, 0.05) is 17.7 Å². The van der Waals surface area contributed by atoms with Crippen LogP contribution in [0.4, 0.5) is 29.5 Å². The summed E-state index contributed by atoms with van der Waals surface area (Å²) in [5.74, 6) is -0.457. The fourth-order valence-electron chi connectivity index (χ4n) is 3.52. The van der Waals surface area contributed by atoms with E-state index >= 15 is 0 Å². The first-order valence-corrected chi connectivity index (χ1v) is 10.4. The molecular formula is C22H19F3N2O4S. The number of anilines is 3. The Morgan fingerprint density at radius 1 is 1.22 bits per heavy atom. The number of nitrogens with zero attached hydrogens (tertiary/aromatic N) is 1. The number of esters is 1. The molecule has 2 aromatic carbocycles. The van der Waals surface area contributed by atoms with Gasteiger partial charge in [0.2, 0.25) is 0 Å². The SMILES string of the molecule is COC(=O)c1sc(N2CNc3ccc(O)cc32)cc1O[C@H](C)c1ccccc1C(F)(F)F. The molecule has 32 heavy (non-hydrogen) atoms. The van der Waals surface area contributed by atoms with E-state index in [1.807, 2.05) is 4.90 Å². The van der Waals surface area contributed by atoms with Crippen molar-refractivity contribution in [2.45, 2.75) is 19.2 Å². The number of phenols is 1. The third-order valence-corrected chi connectivity index (χ3v) is 6.15. The van der Waals surface area contributed by atoms with Gasteiger partial charge in [-0.05, 0) is 25.1 Å². The van der Waals surface area contributed by atoms with Gasteiger partial charge in [-0.2, -0.15) is 13.2 Å². The van der Waals surface area contributed by atoms with Crippen LogP contribution in [0.15, 0.2) is 48.5 Å². The summed E-state index contributed by atoms with van der Waals surface area (Å²) in [7, 11) is 1.22. The summed E-state index contributed by atoms with van der Waals surface area (Å²) in [6.45, 7) is 1.87. The molecule has 1 aliphatic rings. The molecule has 0 bridgehead atoms. The van der Waals surface area contributed by atoms with Crippen molar-refractivity contribution < 1.29 is 32.5 Å². The molecule has 2 heterocycles. The van der Waals surface area contributed by atoms with E-state index < -0.39 is 23.8 Å². The van der Waals surface area contributed by atoms with Gasteiger partial charge in [-0.15, -0.1) is 11.3 Å². The molecule has 168 valence electrons. The number of aromatic hydroxyl groups is 1. The highest BCUT2D eigenvalue weighted by molar-refractivity contribution is 7.18. The molecule has 6 nitrogen and oxygen atoms in total. The lowest BCUT2D eigenvalue weighted by Gasteiger charge is -2.19. The zero-order valence-corrected chi connectivity index (χ0v) is 17.9. The predicted octanol–water partition coefficient (Wildman–Crippen LogP) is 5.92. The van der Waals surface area contributed by atoms with Gasteiger partial charge < -0.3 is 24.8 Å². The smallest absolute Gasteiger partial charge is 0.416 e. The lowest BCUT2D eigenvalue weighted by Crippen LogP contribution is -2.15. The number of carbonyl (C=O) groups is 1. The van der Waals surface area contributed by atoms with E-state index in [0.29, 0.717) is 17.4 Å². The third kappa shape index (κ3) is 4.05. The number of nitrogens with one attached hydrogen (secondary N) is 1. The van der Waals surface area contributed by atoms with Gasteiger partial charge in [-0.1, -0.05) is 18.2 Å². The van der Waals surface area contributed by atoms with Crippen LogP contribution in [0.1, 0.15) is 33.8 Å². The van der Waals surface area contributed by atoms with Crippen LogP contribution >= 0.6 is 11.3 Å². The van der Waals surface area contributed by atoms with Crippen molar-refractivity contribution in [3.05, 3.63) is 64.5 Å². The van der Waals surface area contributed by atoms with Crippen molar-refractivity contribution in [1.29, 1.82) is 0 Å². The van der Waals surface area contributed by atoms with Gasteiger partial charge in [0.15, 0.2) is 4.88 Å². The quantitative estimate of drug-likeness (QED) is 0.361. The number of fused-ring (bicyclic) bond motifs is 1. The Balaban J connectivity index is 1.70. The van der Waals surface area contributed by atoms with Crippen molar-refractivity contribution in [3.63, 3.8) is 0 Å². The molecule has 2 N–H and O–H groups in total. The van der Waals surface area contributed by atoms with Crippen molar-refractivity contribution in [2.24, 2.45) is 0 Å².